The van der Waals surface area contributed by atoms with E-state index in [2.05, 4.69) is 23.8 Å². The Morgan fingerprint density at radius 3 is 2.78 bits per heavy atom. The van der Waals surface area contributed by atoms with E-state index >= 15 is 0 Å². The van der Waals surface area contributed by atoms with Crippen molar-refractivity contribution in [2.24, 2.45) is 0 Å². The molecule has 3 heterocycles. The third-order valence-corrected chi connectivity index (χ3v) is 4.81. The SMILES string of the molecule is CC(C)c1csc(C(=O)N2CCC(Oc3cccnc3)CC2)n1. The van der Waals surface area contributed by atoms with Crippen LogP contribution in [0.5, 0.6) is 5.75 Å². The molecule has 122 valence electrons. The second-order valence-electron chi connectivity index (χ2n) is 6.03. The van der Waals surface area contributed by atoms with Crippen molar-refractivity contribution in [1.29, 1.82) is 0 Å². The summed E-state index contributed by atoms with van der Waals surface area (Å²) in [6.07, 6.45) is 5.27. The van der Waals surface area contributed by atoms with Gasteiger partial charge in [0.05, 0.1) is 11.9 Å². The van der Waals surface area contributed by atoms with Gasteiger partial charge in [-0.3, -0.25) is 9.78 Å². The van der Waals surface area contributed by atoms with Gasteiger partial charge in [0.15, 0.2) is 5.01 Å². The molecule has 2 aromatic heterocycles. The van der Waals surface area contributed by atoms with E-state index in [0.717, 1.165) is 24.3 Å². The standard InChI is InChI=1S/C17H21N3O2S/c1-12(2)15-11-23-16(19-15)17(21)20-8-5-13(6-9-20)22-14-4-3-7-18-10-14/h3-4,7,10-13H,5-6,8-9H2,1-2H3. The number of pyridine rings is 1. The third-order valence-electron chi connectivity index (χ3n) is 3.96. The van der Waals surface area contributed by atoms with Crippen molar-refractivity contribution in [3.05, 3.63) is 40.6 Å². The number of hydrogen-bond acceptors (Lipinski definition) is 5. The number of amides is 1. The van der Waals surface area contributed by atoms with Crippen LogP contribution in [-0.2, 0) is 0 Å². The van der Waals surface area contributed by atoms with Gasteiger partial charge >= 0.3 is 0 Å². The van der Waals surface area contributed by atoms with Gasteiger partial charge in [-0.25, -0.2) is 4.98 Å². The maximum atomic E-state index is 12.5. The van der Waals surface area contributed by atoms with Gasteiger partial charge < -0.3 is 9.64 Å². The summed E-state index contributed by atoms with van der Waals surface area (Å²) >= 11 is 1.44. The Balaban J connectivity index is 1.54. The van der Waals surface area contributed by atoms with Crippen LogP contribution in [0, 0.1) is 0 Å². The van der Waals surface area contributed by atoms with Crippen molar-refractivity contribution in [2.75, 3.05) is 13.1 Å². The molecule has 0 atom stereocenters. The zero-order valence-electron chi connectivity index (χ0n) is 13.4. The summed E-state index contributed by atoms with van der Waals surface area (Å²) in [4.78, 5) is 22.9. The molecule has 1 fully saturated rings. The molecule has 1 aliphatic heterocycles. The fraction of sp³-hybridized carbons (Fsp3) is 0.471. The van der Waals surface area contributed by atoms with Gasteiger partial charge in [0.2, 0.25) is 0 Å². The molecule has 0 saturated carbocycles. The minimum absolute atomic E-state index is 0.0433. The quantitative estimate of drug-likeness (QED) is 0.862. The molecule has 0 unspecified atom stereocenters. The van der Waals surface area contributed by atoms with Crippen LogP contribution in [0.4, 0.5) is 0 Å². The van der Waals surface area contributed by atoms with E-state index in [4.69, 9.17) is 4.74 Å². The van der Waals surface area contributed by atoms with E-state index in [1.165, 1.54) is 11.3 Å². The Kier molecular flexibility index (Phi) is 4.91. The molecule has 2 aromatic rings. The van der Waals surface area contributed by atoms with Crippen LogP contribution in [0.15, 0.2) is 29.9 Å². The van der Waals surface area contributed by atoms with Crippen molar-refractivity contribution < 1.29 is 9.53 Å². The molecule has 0 aliphatic carbocycles. The van der Waals surface area contributed by atoms with Gasteiger partial charge in [0.1, 0.15) is 11.9 Å². The molecule has 6 heteroatoms. The monoisotopic (exact) mass is 331 g/mol. The molecule has 0 bridgehead atoms. The molecule has 1 amide bonds. The minimum atomic E-state index is 0.0433. The summed E-state index contributed by atoms with van der Waals surface area (Å²) in [5.74, 6) is 1.19. The highest BCUT2D eigenvalue weighted by atomic mass is 32.1. The van der Waals surface area contributed by atoms with Crippen LogP contribution in [-0.4, -0.2) is 40.0 Å². The Labute approximate surface area is 140 Å². The summed E-state index contributed by atoms with van der Waals surface area (Å²) in [5, 5.41) is 2.58. The Morgan fingerprint density at radius 2 is 2.17 bits per heavy atom. The lowest BCUT2D eigenvalue weighted by atomic mass is 10.1. The molecule has 23 heavy (non-hydrogen) atoms. The number of piperidine rings is 1. The smallest absolute Gasteiger partial charge is 0.282 e. The zero-order valence-corrected chi connectivity index (χ0v) is 14.3. The fourth-order valence-corrected chi connectivity index (χ4v) is 3.52. The number of rotatable bonds is 4. The molecule has 1 aliphatic rings. The molecule has 0 spiro atoms. The van der Waals surface area contributed by atoms with Crippen LogP contribution in [0.2, 0.25) is 0 Å². The average Bonchev–Trinajstić information content (AvgIpc) is 3.06. The van der Waals surface area contributed by atoms with Crippen molar-refractivity contribution in [2.45, 2.75) is 38.7 Å². The topological polar surface area (TPSA) is 55.3 Å². The number of carbonyl (C=O) groups is 1. The normalized spacial score (nSPS) is 15.9. The minimum Gasteiger partial charge on any atom is -0.489 e. The number of aromatic nitrogens is 2. The number of nitrogens with zero attached hydrogens (tertiary/aromatic N) is 3. The second kappa shape index (κ2) is 7.08. The molecule has 0 radical (unpaired) electrons. The van der Waals surface area contributed by atoms with Crippen LogP contribution >= 0.6 is 11.3 Å². The number of ether oxygens (including phenoxy) is 1. The van der Waals surface area contributed by atoms with Gasteiger partial charge in [-0.05, 0) is 18.1 Å². The second-order valence-corrected chi connectivity index (χ2v) is 6.89. The Hall–Kier alpha value is -1.95. The Bertz CT molecular complexity index is 649. The summed E-state index contributed by atoms with van der Waals surface area (Å²) < 4.78 is 5.91. The lowest BCUT2D eigenvalue weighted by Crippen LogP contribution is -2.41. The number of hydrogen-bond donors (Lipinski definition) is 0. The molecular formula is C17H21N3O2S. The first-order valence-electron chi connectivity index (χ1n) is 7.95. The van der Waals surface area contributed by atoms with E-state index in [1.54, 1.807) is 12.4 Å². The summed E-state index contributed by atoms with van der Waals surface area (Å²) in [6, 6.07) is 3.77. The first kappa shape index (κ1) is 15.9. The number of carbonyl (C=O) groups excluding carboxylic acids is 1. The largest absolute Gasteiger partial charge is 0.489 e. The van der Waals surface area contributed by atoms with E-state index < -0.39 is 0 Å². The highest BCUT2D eigenvalue weighted by Gasteiger charge is 2.26. The molecule has 3 rings (SSSR count). The van der Waals surface area contributed by atoms with Crippen molar-refractivity contribution in [1.82, 2.24) is 14.9 Å². The molecule has 5 nitrogen and oxygen atoms in total. The number of thiazole rings is 1. The van der Waals surface area contributed by atoms with E-state index in [-0.39, 0.29) is 12.0 Å². The lowest BCUT2D eigenvalue weighted by molar-refractivity contribution is 0.0594. The third kappa shape index (κ3) is 3.88. The molecule has 1 saturated heterocycles. The van der Waals surface area contributed by atoms with Gasteiger partial charge in [-0.15, -0.1) is 11.3 Å². The fourth-order valence-electron chi connectivity index (χ4n) is 2.57. The lowest BCUT2D eigenvalue weighted by Gasteiger charge is -2.31. The van der Waals surface area contributed by atoms with Crippen molar-refractivity contribution >= 4 is 17.2 Å². The van der Waals surface area contributed by atoms with E-state index in [1.807, 2.05) is 22.4 Å². The van der Waals surface area contributed by atoms with E-state index in [0.29, 0.717) is 24.0 Å². The van der Waals surface area contributed by atoms with Crippen LogP contribution in [0.1, 0.15) is 48.1 Å². The van der Waals surface area contributed by atoms with Crippen LogP contribution in [0.25, 0.3) is 0 Å². The van der Waals surface area contributed by atoms with Crippen molar-refractivity contribution in [3.63, 3.8) is 0 Å². The van der Waals surface area contributed by atoms with Crippen LogP contribution < -0.4 is 4.74 Å². The number of likely N-dealkylation sites (tertiary alicyclic amines) is 1. The predicted molar refractivity (Wildman–Crippen MR) is 90.0 cm³/mol. The summed E-state index contributed by atoms with van der Waals surface area (Å²) in [7, 11) is 0. The van der Waals surface area contributed by atoms with Crippen molar-refractivity contribution in [3.8, 4) is 5.75 Å². The van der Waals surface area contributed by atoms with Gasteiger partial charge in [0.25, 0.3) is 5.91 Å². The average molecular weight is 331 g/mol. The highest BCUT2D eigenvalue weighted by Crippen LogP contribution is 2.22. The molecule has 0 N–H and O–H groups in total. The molecular weight excluding hydrogens is 310 g/mol. The maximum absolute atomic E-state index is 12.5. The highest BCUT2D eigenvalue weighted by molar-refractivity contribution is 7.11. The first-order valence-corrected chi connectivity index (χ1v) is 8.83. The van der Waals surface area contributed by atoms with E-state index in [9.17, 15) is 4.79 Å². The summed E-state index contributed by atoms with van der Waals surface area (Å²) in [5.41, 5.74) is 0.994. The molecule has 0 aromatic carbocycles. The maximum Gasteiger partial charge on any atom is 0.282 e. The van der Waals surface area contributed by atoms with Gasteiger partial charge in [-0.2, -0.15) is 0 Å². The summed E-state index contributed by atoms with van der Waals surface area (Å²) in [6.45, 7) is 5.59. The van der Waals surface area contributed by atoms with Crippen LogP contribution in [0.3, 0.4) is 0 Å². The first-order chi connectivity index (χ1) is 11.1. The predicted octanol–water partition coefficient (Wildman–Crippen LogP) is 3.35. The Morgan fingerprint density at radius 1 is 1.39 bits per heavy atom. The zero-order chi connectivity index (χ0) is 16.2. The van der Waals surface area contributed by atoms with Gasteiger partial charge in [-0.1, -0.05) is 13.8 Å². The van der Waals surface area contributed by atoms with Gasteiger partial charge in [0, 0.05) is 37.5 Å².